The van der Waals surface area contributed by atoms with Crippen LogP contribution < -0.4 is 5.32 Å². The van der Waals surface area contributed by atoms with Gasteiger partial charge in [-0.3, -0.25) is 4.79 Å². The normalized spacial score (nSPS) is 34.8. The van der Waals surface area contributed by atoms with Crippen LogP contribution in [0.4, 0.5) is 0 Å². The highest BCUT2D eigenvalue weighted by Crippen LogP contribution is 2.46. The maximum atomic E-state index is 11.7. The lowest BCUT2D eigenvalue weighted by Gasteiger charge is -2.38. The fraction of sp³-hybridized carbons (Fsp3) is 0.696. The second-order valence-corrected chi connectivity index (χ2v) is 8.92. The lowest BCUT2D eigenvalue weighted by Crippen LogP contribution is -2.46. The van der Waals surface area contributed by atoms with E-state index >= 15 is 0 Å². The average molecular weight is 406 g/mol. The van der Waals surface area contributed by atoms with Crippen molar-refractivity contribution < 1.29 is 23.7 Å². The lowest BCUT2D eigenvalue weighted by molar-refractivity contribution is -0.187. The monoisotopic (exact) mass is 405 g/mol. The van der Waals surface area contributed by atoms with Crippen molar-refractivity contribution in [2.45, 2.75) is 83.0 Å². The van der Waals surface area contributed by atoms with Gasteiger partial charge in [0.1, 0.15) is 0 Å². The Balaban J connectivity index is 1.40. The molecule has 3 heterocycles. The lowest BCUT2D eigenvalue weighted by atomic mass is 9.85. The largest absolute Gasteiger partial charge is 0.369 e. The number of epoxide rings is 1. The number of nitrogens with one attached hydrogen (secondary N) is 1. The molecule has 3 aliphatic rings. The van der Waals surface area contributed by atoms with Crippen LogP contribution in [0.15, 0.2) is 36.0 Å². The third-order valence-electron chi connectivity index (χ3n) is 5.37. The highest BCUT2D eigenvalue weighted by Gasteiger charge is 2.53. The Morgan fingerprint density at radius 1 is 1.21 bits per heavy atom. The number of rotatable bonds is 7. The fourth-order valence-corrected chi connectivity index (χ4v) is 3.98. The van der Waals surface area contributed by atoms with Gasteiger partial charge in [0.15, 0.2) is 6.29 Å². The van der Waals surface area contributed by atoms with E-state index in [-0.39, 0.29) is 35.5 Å². The Kier molecular flexibility index (Phi) is 7.32. The summed E-state index contributed by atoms with van der Waals surface area (Å²) in [4.78, 5) is 11.7. The second-order valence-electron chi connectivity index (χ2n) is 8.92. The molecule has 6 heteroatoms. The molecule has 1 spiro atoms. The second kappa shape index (κ2) is 9.56. The third kappa shape index (κ3) is 7.07. The molecule has 0 bridgehead atoms. The van der Waals surface area contributed by atoms with E-state index < -0.39 is 0 Å². The molecule has 2 atom stereocenters. The number of ether oxygens (including phenoxy) is 4. The molecule has 0 aliphatic carbocycles. The Morgan fingerprint density at radius 2 is 1.93 bits per heavy atom. The molecule has 0 aromatic heterocycles. The molecule has 3 rings (SSSR count). The minimum Gasteiger partial charge on any atom is -0.369 e. The van der Waals surface area contributed by atoms with E-state index in [1.54, 1.807) is 6.08 Å². The molecule has 2 unspecified atom stereocenters. The van der Waals surface area contributed by atoms with E-state index in [4.69, 9.17) is 18.9 Å². The van der Waals surface area contributed by atoms with Gasteiger partial charge in [0, 0.05) is 19.3 Å². The zero-order valence-electron chi connectivity index (χ0n) is 18.1. The first kappa shape index (κ1) is 22.2. The summed E-state index contributed by atoms with van der Waals surface area (Å²) < 4.78 is 23.3. The van der Waals surface area contributed by atoms with Crippen LogP contribution in [0.2, 0.25) is 0 Å². The molecule has 0 aromatic carbocycles. The molecule has 1 amide bonds. The van der Waals surface area contributed by atoms with E-state index in [2.05, 4.69) is 44.3 Å². The van der Waals surface area contributed by atoms with Crippen LogP contribution >= 0.6 is 0 Å². The standard InChI is InChI=1S/C23H35NO5/c1-5-6-7-20(25)24-18-13-26-21(27-14-18)11-9-17(2)8-10-19-12-23(16-28-23)15-22(3,4)29-19/h6-10,18-19,21H,5,11-16H2,1-4H3,(H,24,25)/b7-6-,10-8+,17-9+. The van der Waals surface area contributed by atoms with Gasteiger partial charge in [-0.1, -0.05) is 36.8 Å². The molecule has 3 fully saturated rings. The van der Waals surface area contributed by atoms with Crippen molar-refractivity contribution in [2.24, 2.45) is 0 Å². The summed E-state index contributed by atoms with van der Waals surface area (Å²) in [5.74, 6) is -0.102. The van der Waals surface area contributed by atoms with Crippen LogP contribution in [0, 0.1) is 0 Å². The maximum Gasteiger partial charge on any atom is 0.244 e. The molecule has 3 aliphatic heterocycles. The molecular weight excluding hydrogens is 370 g/mol. The highest BCUT2D eigenvalue weighted by atomic mass is 16.7. The van der Waals surface area contributed by atoms with Crippen molar-refractivity contribution in [3.05, 3.63) is 36.0 Å². The summed E-state index contributed by atoms with van der Waals surface area (Å²) in [5, 5.41) is 2.89. The van der Waals surface area contributed by atoms with Crippen LogP contribution in [0.3, 0.4) is 0 Å². The summed E-state index contributed by atoms with van der Waals surface area (Å²) in [6.07, 6.45) is 13.0. The molecule has 0 radical (unpaired) electrons. The molecule has 0 aromatic rings. The summed E-state index contributed by atoms with van der Waals surface area (Å²) in [6, 6.07) is -0.103. The van der Waals surface area contributed by atoms with Crippen LogP contribution in [0.25, 0.3) is 0 Å². The Morgan fingerprint density at radius 3 is 2.59 bits per heavy atom. The number of hydrogen-bond donors (Lipinski definition) is 1. The topological polar surface area (TPSA) is 69.3 Å². The fourth-order valence-electron chi connectivity index (χ4n) is 3.98. The maximum absolute atomic E-state index is 11.7. The third-order valence-corrected chi connectivity index (χ3v) is 5.37. The van der Waals surface area contributed by atoms with Gasteiger partial charge in [-0.25, -0.2) is 0 Å². The van der Waals surface area contributed by atoms with Gasteiger partial charge >= 0.3 is 0 Å². The first-order valence-electron chi connectivity index (χ1n) is 10.7. The van der Waals surface area contributed by atoms with Crippen LogP contribution in [-0.4, -0.2) is 55.4 Å². The first-order chi connectivity index (χ1) is 13.8. The molecule has 6 nitrogen and oxygen atoms in total. The molecule has 162 valence electrons. The minimum atomic E-state index is -0.273. The van der Waals surface area contributed by atoms with Crippen molar-refractivity contribution in [3.8, 4) is 0 Å². The summed E-state index contributed by atoms with van der Waals surface area (Å²) >= 11 is 0. The molecule has 29 heavy (non-hydrogen) atoms. The first-order valence-corrected chi connectivity index (χ1v) is 10.7. The number of carbonyl (C=O) groups excluding carboxylic acids is 1. The number of carbonyl (C=O) groups is 1. The summed E-state index contributed by atoms with van der Waals surface area (Å²) in [6.45, 7) is 10.1. The van der Waals surface area contributed by atoms with Crippen LogP contribution in [0.1, 0.15) is 53.4 Å². The zero-order chi connectivity index (χ0) is 20.9. The Hall–Kier alpha value is -1.47. The minimum absolute atomic E-state index is 0.0381. The highest BCUT2D eigenvalue weighted by molar-refractivity contribution is 5.87. The van der Waals surface area contributed by atoms with Gasteiger partial charge in [0.25, 0.3) is 0 Å². The summed E-state index contributed by atoms with van der Waals surface area (Å²) in [7, 11) is 0. The van der Waals surface area contributed by atoms with E-state index in [1.165, 1.54) is 0 Å². The van der Waals surface area contributed by atoms with Gasteiger partial charge < -0.3 is 24.3 Å². The average Bonchev–Trinajstić information content (AvgIpc) is 3.40. The summed E-state index contributed by atoms with van der Waals surface area (Å²) in [5.41, 5.74) is 1.04. The van der Waals surface area contributed by atoms with Crippen molar-refractivity contribution in [2.75, 3.05) is 19.8 Å². The van der Waals surface area contributed by atoms with E-state index in [0.717, 1.165) is 31.4 Å². The molecule has 1 N–H and O–H groups in total. The van der Waals surface area contributed by atoms with Crippen molar-refractivity contribution in [1.82, 2.24) is 5.32 Å². The van der Waals surface area contributed by atoms with Crippen molar-refractivity contribution in [3.63, 3.8) is 0 Å². The Labute approximate surface area is 174 Å². The number of amides is 1. The molecule has 3 saturated heterocycles. The SMILES string of the molecule is CC/C=C\C(=O)NC1COC(C/C=C(C)/C=C/C2CC3(CO3)CC(C)(C)O2)OC1. The zero-order valence-corrected chi connectivity index (χ0v) is 18.1. The molecule has 0 saturated carbocycles. The van der Waals surface area contributed by atoms with E-state index in [9.17, 15) is 4.79 Å². The van der Waals surface area contributed by atoms with Crippen LogP contribution in [-0.2, 0) is 23.7 Å². The van der Waals surface area contributed by atoms with Crippen LogP contribution in [0.5, 0.6) is 0 Å². The smallest absolute Gasteiger partial charge is 0.244 e. The van der Waals surface area contributed by atoms with Crippen molar-refractivity contribution >= 4 is 5.91 Å². The van der Waals surface area contributed by atoms with Crippen molar-refractivity contribution in [1.29, 1.82) is 0 Å². The Bertz CT molecular complexity index is 648. The van der Waals surface area contributed by atoms with Gasteiger partial charge in [0.2, 0.25) is 5.91 Å². The van der Waals surface area contributed by atoms with Gasteiger partial charge in [-0.15, -0.1) is 0 Å². The predicted octanol–water partition coefficient (Wildman–Crippen LogP) is 3.43. The quantitative estimate of drug-likeness (QED) is 0.399. The predicted molar refractivity (Wildman–Crippen MR) is 111 cm³/mol. The van der Waals surface area contributed by atoms with E-state index in [0.29, 0.717) is 19.6 Å². The van der Waals surface area contributed by atoms with Gasteiger partial charge in [-0.2, -0.15) is 0 Å². The number of hydrogen-bond acceptors (Lipinski definition) is 5. The van der Waals surface area contributed by atoms with Gasteiger partial charge in [-0.05, 0) is 33.3 Å². The van der Waals surface area contributed by atoms with Gasteiger partial charge in [0.05, 0.1) is 43.2 Å². The molecular formula is C23H35NO5. The number of allylic oxidation sites excluding steroid dienone is 3. The van der Waals surface area contributed by atoms with E-state index in [1.807, 2.05) is 13.0 Å².